The molecule has 12 heavy (non-hydrogen) atoms. The van der Waals surface area contributed by atoms with Crippen molar-refractivity contribution in [1.82, 2.24) is 0 Å². The van der Waals surface area contributed by atoms with Gasteiger partial charge in [-0.1, -0.05) is 22.0 Å². The van der Waals surface area contributed by atoms with Crippen molar-refractivity contribution in [3.8, 4) is 6.07 Å². The van der Waals surface area contributed by atoms with Crippen molar-refractivity contribution in [2.75, 3.05) is 0 Å². The highest BCUT2D eigenvalue weighted by Gasteiger charge is 2.09. The summed E-state index contributed by atoms with van der Waals surface area (Å²) >= 11 is 3.04. The van der Waals surface area contributed by atoms with E-state index in [4.69, 9.17) is 10.4 Å². The van der Waals surface area contributed by atoms with E-state index in [0.717, 1.165) is 0 Å². The zero-order chi connectivity index (χ0) is 9.14. The maximum atomic E-state index is 12.5. The highest BCUT2D eigenvalue weighted by atomic mass is 79.9. The Morgan fingerprint density at radius 1 is 1.58 bits per heavy atom. The van der Waals surface area contributed by atoms with Gasteiger partial charge in [-0.3, -0.25) is 0 Å². The standard InChI is InChI=1S/C8H5BrFNO/c9-7-3-5(10)1-2-6(7)8(12)4-11/h1-3,8,12H/t8-/m0/s1. The second kappa shape index (κ2) is 3.65. The zero-order valence-corrected chi connectivity index (χ0v) is 7.55. The number of aliphatic hydroxyl groups excluding tert-OH is 1. The molecule has 1 N–H and O–H groups in total. The number of hydrogen-bond donors (Lipinski definition) is 1. The van der Waals surface area contributed by atoms with E-state index in [1.165, 1.54) is 18.2 Å². The van der Waals surface area contributed by atoms with Crippen LogP contribution in [0.15, 0.2) is 22.7 Å². The molecule has 0 aromatic heterocycles. The normalized spacial score (nSPS) is 12.2. The van der Waals surface area contributed by atoms with Crippen LogP contribution in [0.5, 0.6) is 0 Å². The molecule has 0 aliphatic carbocycles. The topological polar surface area (TPSA) is 44.0 Å². The van der Waals surface area contributed by atoms with E-state index in [0.29, 0.717) is 10.0 Å². The smallest absolute Gasteiger partial charge is 0.166 e. The summed E-state index contributed by atoms with van der Waals surface area (Å²) in [7, 11) is 0. The summed E-state index contributed by atoms with van der Waals surface area (Å²) in [6, 6.07) is 5.41. The summed E-state index contributed by atoms with van der Waals surface area (Å²) < 4.78 is 12.9. The minimum atomic E-state index is -1.21. The summed E-state index contributed by atoms with van der Waals surface area (Å²) in [6.45, 7) is 0. The molecule has 0 saturated carbocycles. The molecule has 0 saturated heterocycles. The van der Waals surface area contributed by atoms with Crippen LogP contribution in [0.25, 0.3) is 0 Å². The number of benzene rings is 1. The Kier molecular flexibility index (Phi) is 2.79. The maximum absolute atomic E-state index is 12.5. The van der Waals surface area contributed by atoms with E-state index in [-0.39, 0.29) is 0 Å². The lowest BCUT2D eigenvalue weighted by atomic mass is 10.1. The number of nitriles is 1. The molecule has 0 unspecified atom stereocenters. The average Bonchev–Trinajstić information content (AvgIpc) is 2.03. The molecule has 0 bridgehead atoms. The molecule has 0 spiro atoms. The van der Waals surface area contributed by atoms with Crippen LogP contribution in [0.2, 0.25) is 0 Å². The zero-order valence-electron chi connectivity index (χ0n) is 5.96. The van der Waals surface area contributed by atoms with Gasteiger partial charge in [0.05, 0.1) is 6.07 Å². The fourth-order valence-electron chi connectivity index (χ4n) is 0.793. The SMILES string of the molecule is N#C[C@H](O)c1ccc(F)cc1Br. The Hall–Kier alpha value is -0.920. The second-order valence-corrected chi connectivity index (χ2v) is 3.05. The number of hydrogen-bond acceptors (Lipinski definition) is 2. The van der Waals surface area contributed by atoms with Crippen LogP contribution in [0.3, 0.4) is 0 Å². The molecule has 0 fully saturated rings. The maximum Gasteiger partial charge on any atom is 0.166 e. The number of aliphatic hydroxyl groups is 1. The fraction of sp³-hybridized carbons (Fsp3) is 0.125. The summed E-state index contributed by atoms with van der Waals surface area (Å²) in [5.74, 6) is -0.407. The Labute approximate surface area is 77.4 Å². The summed E-state index contributed by atoms with van der Waals surface area (Å²) in [5.41, 5.74) is 0.374. The lowest BCUT2D eigenvalue weighted by Crippen LogP contribution is -1.94. The van der Waals surface area contributed by atoms with Gasteiger partial charge >= 0.3 is 0 Å². The van der Waals surface area contributed by atoms with Gasteiger partial charge in [-0.25, -0.2) is 4.39 Å². The van der Waals surface area contributed by atoms with Crippen LogP contribution in [0.1, 0.15) is 11.7 Å². The van der Waals surface area contributed by atoms with Crippen LogP contribution < -0.4 is 0 Å². The molecular formula is C8H5BrFNO. The Morgan fingerprint density at radius 3 is 2.75 bits per heavy atom. The van der Waals surface area contributed by atoms with Gasteiger partial charge in [0, 0.05) is 10.0 Å². The first-order chi connectivity index (χ1) is 5.65. The summed E-state index contributed by atoms with van der Waals surface area (Å²) in [4.78, 5) is 0. The largest absolute Gasteiger partial charge is 0.374 e. The first-order valence-electron chi connectivity index (χ1n) is 3.18. The highest BCUT2D eigenvalue weighted by molar-refractivity contribution is 9.10. The van der Waals surface area contributed by atoms with Gasteiger partial charge < -0.3 is 5.11 Å². The molecule has 0 aliphatic heterocycles. The quantitative estimate of drug-likeness (QED) is 0.751. The molecule has 62 valence electrons. The number of halogens is 2. The van der Waals surface area contributed by atoms with Crippen LogP contribution in [-0.4, -0.2) is 5.11 Å². The first kappa shape index (κ1) is 9.17. The van der Waals surface area contributed by atoms with E-state index in [1.807, 2.05) is 0 Å². The second-order valence-electron chi connectivity index (χ2n) is 2.20. The van der Waals surface area contributed by atoms with Crippen molar-refractivity contribution in [3.05, 3.63) is 34.1 Å². The average molecular weight is 230 g/mol. The number of rotatable bonds is 1. The third-order valence-corrected chi connectivity index (χ3v) is 2.07. The van der Waals surface area contributed by atoms with Crippen LogP contribution in [0, 0.1) is 17.1 Å². The molecule has 1 aromatic carbocycles. The Balaban J connectivity index is 3.11. The molecule has 4 heteroatoms. The van der Waals surface area contributed by atoms with E-state index >= 15 is 0 Å². The highest BCUT2D eigenvalue weighted by Crippen LogP contribution is 2.23. The Morgan fingerprint density at radius 2 is 2.25 bits per heavy atom. The van der Waals surface area contributed by atoms with E-state index in [2.05, 4.69) is 15.9 Å². The van der Waals surface area contributed by atoms with Crippen molar-refractivity contribution < 1.29 is 9.50 Å². The third kappa shape index (κ3) is 1.81. The lowest BCUT2D eigenvalue weighted by Gasteiger charge is -2.03. The molecule has 0 amide bonds. The molecular weight excluding hydrogens is 225 g/mol. The molecule has 1 aromatic rings. The van der Waals surface area contributed by atoms with Crippen molar-refractivity contribution >= 4 is 15.9 Å². The molecule has 0 aliphatic rings. The van der Waals surface area contributed by atoms with Crippen LogP contribution >= 0.6 is 15.9 Å². The molecule has 0 radical (unpaired) electrons. The third-order valence-electron chi connectivity index (χ3n) is 1.38. The number of nitrogens with zero attached hydrogens (tertiary/aromatic N) is 1. The van der Waals surface area contributed by atoms with Crippen molar-refractivity contribution in [2.24, 2.45) is 0 Å². The summed E-state index contributed by atoms with van der Waals surface area (Å²) in [5, 5.41) is 17.5. The van der Waals surface area contributed by atoms with Crippen molar-refractivity contribution in [3.63, 3.8) is 0 Å². The molecule has 1 atom stereocenters. The van der Waals surface area contributed by atoms with Gasteiger partial charge in [-0.05, 0) is 12.1 Å². The van der Waals surface area contributed by atoms with Gasteiger partial charge in [0.1, 0.15) is 5.82 Å². The van der Waals surface area contributed by atoms with Crippen molar-refractivity contribution in [1.29, 1.82) is 5.26 Å². The minimum Gasteiger partial charge on any atom is -0.374 e. The van der Waals surface area contributed by atoms with Gasteiger partial charge in [-0.2, -0.15) is 5.26 Å². The summed E-state index contributed by atoms with van der Waals surface area (Å²) in [6.07, 6.45) is -1.21. The predicted molar refractivity (Wildman–Crippen MR) is 44.7 cm³/mol. The monoisotopic (exact) mass is 229 g/mol. The minimum absolute atomic E-state index is 0.374. The van der Waals surface area contributed by atoms with Gasteiger partial charge in [0.2, 0.25) is 0 Å². The molecule has 2 nitrogen and oxygen atoms in total. The fourth-order valence-corrected chi connectivity index (χ4v) is 1.36. The van der Waals surface area contributed by atoms with Crippen LogP contribution in [-0.2, 0) is 0 Å². The van der Waals surface area contributed by atoms with E-state index in [9.17, 15) is 4.39 Å². The van der Waals surface area contributed by atoms with Gasteiger partial charge in [0.25, 0.3) is 0 Å². The van der Waals surface area contributed by atoms with Crippen LogP contribution in [0.4, 0.5) is 4.39 Å². The molecule has 0 heterocycles. The predicted octanol–water partition coefficient (Wildman–Crippen LogP) is 2.15. The first-order valence-corrected chi connectivity index (χ1v) is 3.97. The van der Waals surface area contributed by atoms with E-state index in [1.54, 1.807) is 6.07 Å². The lowest BCUT2D eigenvalue weighted by molar-refractivity contribution is 0.235. The van der Waals surface area contributed by atoms with E-state index < -0.39 is 11.9 Å². The van der Waals surface area contributed by atoms with Gasteiger partial charge in [-0.15, -0.1) is 0 Å². The van der Waals surface area contributed by atoms with Gasteiger partial charge in [0.15, 0.2) is 6.10 Å². The molecule has 1 rings (SSSR count). The van der Waals surface area contributed by atoms with Crippen molar-refractivity contribution in [2.45, 2.75) is 6.10 Å². The Bertz CT molecular complexity index is 334.